The molecule has 0 bridgehead atoms. The molecule has 0 aliphatic carbocycles. The molecule has 2 N–H and O–H groups in total. The highest BCUT2D eigenvalue weighted by Crippen LogP contribution is 2.26. The molecule has 1 unspecified atom stereocenters. The minimum Gasteiger partial charge on any atom is -0.491 e. The molecule has 0 fully saturated rings. The SMILES string of the molecule is CCCNCc1c(Cl)cccc1OCC(O)CC. The van der Waals surface area contributed by atoms with E-state index in [1.807, 2.05) is 25.1 Å². The summed E-state index contributed by atoms with van der Waals surface area (Å²) in [5.41, 5.74) is 0.955. The molecule has 102 valence electrons. The van der Waals surface area contributed by atoms with Gasteiger partial charge in [-0.25, -0.2) is 0 Å². The molecule has 1 rings (SSSR count). The molecular formula is C14H22ClNO2. The Morgan fingerprint density at radius 1 is 1.39 bits per heavy atom. The first-order chi connectivity index (χ1) is 8.69. The Kier molecular flexibility index (Phi) is 7.09. The van der Waals surface area contributed by atoms with Crippen molar-refractivity contribution in [2.45, 2.75) is 39.3 Å². The van der Waals surface area contributed by atoms with Crippen molar-refractivity contribution in [3.8, 4) is 5.75 Å². The summed E-state index contributed by atoms with van der Waals surface area (Å²) in [5.74, 6) is 0.749. The van der Waals surface area contributed by atoms with Gasteiger partial charge >= 0.3 is 0 Å². The van der Waals surface area contributed by atoms with E-state index in [4.69, 9.17) is 16.3 Å². The van der Waals surface area contributed by atoms with Gasteiger partial charge in [0.2, 0.25) is 0 Å². The van der Waals surface area contributed by atoms with Gasteiger partial charge in [0, 0.05) is 17.1 Å². The van der Waals surface area contributed by atoms with Gasteiger partial charge in [0.1, 0.15) is 12.4 Å². The third-order valence-electron chi connectivity index (χ3n) is 2.71. The maximum absolute atomic E-state index is 9.52. The molecule has 0 aromatic heterocycles. The first-order valence-electron chi connectivity index (χ1n) is 6.48. The highest BCUT2D eigenvalue weighted by molar-refractivity contribution is 6.31. The summed E-state index contributed by atoms with van der Waals surface area (Å²) in [6.07, 6.45) is 1.33. The Labute approximate surface area is 114 Å². The van der Waals surface area contributed by atoms with Gasteiger partial charge in [0.05, 0.1) is 6.10 Å². The average Bonchev–Trinajstić information content (AvgIpc) is 2.38. The molecular weight excluding hydrogens is 250 g/mol. The number of hydrogen-bond donors (Lipinski definition) is 2. The second-order valence-corrected chi connectivity index (χ2v) is 4.67. The number of benzene rings is 1. The third-order valence-corrected chi connectivity index (χ3v) is 3.06. The van der Waals surface area contributed by atoms with Crippen molar-refractivity contribution in [2.75, 3.05) is 13.2 Å². The van der Waals surface area contributed by atoms with Crippen LogP contribution in [0.4, 0.5) is 0 Å². The second kappa shape index (κ2) is 8.35. The van der Waals surface area contributed by atoms with Gasteiger partial charge in [-0.15, -0.1) is 0 Å². The first kappa shape index (κ1) is 15.3. The second-order valence-electron chi connectivity index (χ2n) is 4.27. The molecule has 0 radical (unpaired) electrons. The molecule has 1 aromatic carbocycles. The fraction of sp³-hybridized carbons (Fsp3) is 0.571. The number of nitrogens with one attached hydrogen (secondary N) is 1. The highest BCUT2D eigenvalue weighted by atomic mass is 35.5. The third kappa shape index (κ3) is 4.84. The fourth-order valence-electron chi connectivity index (χ4n) is 1.54. The van der Waals surface area contributed by atoms with E-state index in [9.17, 15) is 5.11 Å². The highest BCUT2D eigenvalue weighted by Gasteiger charge is 2.09. The summed E-state index contributed by atoms with van der Waals surface area (Å²) < 4.78 is 5.63. The van der Waals surface area contributed by atoms with Crippen molar-refractivity contribution in [2.24, 2.45) is 0 Å². The molecule has 0 heterocycles. The van der Waals surface area contributed by atoms with Crippen molar-refractivity contribution >= 4 is 11.6 Å². The number of hydrogen-bond acceptors (Lipinski definition) is 3. The topological polar surface area (TPSA) is 41.5 Å². The zero-order chi connectivity index (χ0) is 13.4. The summed E-state index contributed by atoms with van der Waals surface area (Å²) >= 11 is 6.18. The van der Waals surface area contributed by atoms with E-state index in [2.05, 4.69) is 12.2 Å². The zero-order valence-electron chi connectivity index (χ0n) is 11.1. The van der Waals surface area contributed by atoms with Crippen LogP contribution in [0.5, 0.6) is 5.75 Å². The molecule has 18 heavy (non-hydrogen) atoms. The Balaban J connectivity index is 2.67. The van der Waals surface area contributed by atoms with Crippen LogP contribution in [0, 0.1) is 0 Å². The van der Waals surface area contributed by atoms with Crippen LogP contribution in [0.1, 0.15) is 32.3 Å². The van der Waals surface area contributed by atoms with Gasteiger partial charge in [0.25, 0.3) is 0 Å². The quantitative estimate of drug-likeness (QED) is 0.714. The van der Waals surface area contributed by atoms with Crippen LogP contribution in [0.2, 0.25) is 5.02 Å². The summed E-state index contributed by atoms with van der Waals surface area (Å²) in [4.78, 5) is 0. The molecule has 0 aliphatic heterocycles. The standard InChI is InChI=1S/C14H22ClNO2/c1-3-8-16-9-12-13(15)6-5-7-14(12)18-10-11(17)4-2/h5-7,11,16-17H,3-4,8-10H2,1-2H3. The van der Waals surface area contributed by atoms with E-state index in [-0.39, 0.29) is 0 Å². The monoisotopic (exact) mass is 271 g/mol. The Bertz CT molecular complexity index is 358. The van der Waals surface area contributed by atoms with Crippen LogP contribution in [0.25, 0.3) is 0 Å². The number of rotatable bonds is 8. The van der Waals surface area contributed by atoms with Crippen molar-refractivity contribution in [1.29, 1.82) is 0 Å². The van der Waals surface area contributed by atoms with Crippen molar-refractivity contribution in [3.63, 3.8) is 0 Å². The molecule has 0 amide bonds. The summed E-state index contributed by atoms with van der Waals surface area (Å²) in [6, 6.07) is 5.60. The van der Waals surface area contributed by atoms with E-state index in [1.54, 1.807) is 0 Å². The van der Waals surface area contributed by atoms with Crippen LogP contribution >= 0.6 is 11.6 Å². The lowest BCUT2D eigenvalue weighted by atomic mass is 10.2. The van der Waals surface area contributed by atoms with Crippen LogP contribution < -0.4 is 10.1 Å². The first-order valence-corrected chi connectivity index (χ1v) is 6.85. The van der Waals surface area contributed by atoms with Gasteiger partial charge in [-0.3, -0.25) is 0 Å². The predicted octanol–water partition coefficient (Wildman–Crippen LogP) is 2.99. The minimum atomic E-state index is -0.430. The number of ether oxygens (including phenoxy) is 1. The van der Waals surface area contributed by atoms with Crippen LogP contribution in [0.3, 0.4) is 0 Å². The van der Waals surface area contributed by atoms with Crippen LogP contribution in [-0.2, 0) is 6.54 Å². The zero-order valence-corrected chi connectivity index (χ0v) is 11.8. The van der Waals surface area contributed by atoms with Crippen LogP contribution in [0.15, 0.2) is 18.2 Å². The number of aliphatic hydroxyl groups excluding tert-OH is 1. The minimum absolute atomic E-state index is 0.303. The Hall–Kier alpha value is -0.770. The number of halogens is 1. The smallest absolute Gasteiger partial charge is 0.125 e. The summed E-state index contributed by atoms with van der Waals surface area (Å²) in [6.45, 7) is 5.98. The van der Waals surface area contributed by atoms with Gasteiger partial charge in [-0.05, 0) is 31.5 Å². The van der Waals surface area contributed by atoms with Crippen LogP contribution in [-0.4, -0.2) is 24.4 Å². The van der Waals surface area contributed by atoms with E-state index in [1.165, 1.54) is 0 Å². The Morgan fingerprint density at radius 3 is 2.83 bits per heavy atom. The predicted molar refractivity (Wildman–Crippen MR) is 75.2 cm³/mol. The average molecular weight is 272 g/mol. The lowest BCUT2D eigenvalue weighted by molar-refractivity contribution is 0.104. The molecule has 0 saturated heterocycles. The molecule has 1 atom stereocenters. The molecule has 0 spiro atoms. The molecule has 1 aromatic rings. The number of aliphatic hydroxyl groups is 1. The maximum atomic E-state index is 9.52. The summed E-state index contributed by atoms with van der Waals surface area (Å²) in [5, 5.41) is 13.5. The fourth-order valence-corrected chi connectivity index (χ4v) is 1.77. The lowest BCUT2D eigenvalue weighted by Gasteiger charge is -2.15. The molecule has 3 nitrogen and oxygen atoms in total. The van der Waals surface area contributed by atoms with Gasteiger partial charge < -0.3 is 15.2 Å². The van der Waals surface area contributed by atoms with E-state index >= 15 is 0 Å². The normalized spacial score (nSPS) is 12.4. The van der Waals surface area contributed by atoms with E-state index in [0.717, 1.165) is 24.3 Å². The van der Waals surface area contributed by atoms with E-state index < -0.39 is 6.10 Å². The molecule has 0 saturated carbocycles. The molecule has 4 heteroatoms. The molecule has 0 aliphatic rings. The van der Waals surface area contributed by atoms with Crippen molar-refractivity contribution < 1.29 is 9.84 Å². The largest absolute Gasteiger partial charge is 0.491 e. The lowest BCUT2D eigenvalue weighted by Crippen LogP contribution is -2.19. The van der Waals surface area contributed by atoms with Gasteiger partial charge in [-0.1, -0.05) is 31.5 Å². The van der Waals surface area contributed by atoms with Crippen molar-refractivity contribution in [3.05, 3.63) is 28.8 Å². The van der Waals surface area contributed by atoms with E-state index in [0.29, 0.717) is 24.6 Å². The summed E-state index contributed by atoms with van der Waals surface area (Å²) in [7, 11) is 0. The maximum Gasteiger partial charge on any atom is 0.125 e. The van der Waals surface area contributed by atoms with Gasteiger partial charge in [-0.2, -0.15) is 0 Å². The van der Waals surface area contributed by atoms with Gasteiger partial charge in [0.15, 0.2) is 0 Å². The van der Waals surface area contributed by atoms with Crippen molar-refractivity contribution in [1.82, 2.24) is 5.32 Å². The Morgan fingerprint density at radius 2 is 2.17 bits per heavy atom.